The third-order valence-electron chi connectivity index (χ3n) is 3.58. The molecule has 0 aromatic heterocycles. The van der Waals surface area contributed by atoms with Crippen molar-refractivity contribution in [2.75, 3.05) is 7.11 Å². The van der Waals surface area contributed by atoms with Crippen molar-refractivity contribution in [2.24, 2.45) is 5.92 Å². The van der Waals surface area contributed by atoms with Crippen molar-refractivity contribution in [2.45, 2.75) is 12.8 Å². The molecule has 0 bridgehead atoms. The summed E-state index contributed by atoms with van der Waals surface area (Å²) in [7, 11) is 1.22. The van der Waals surface area contributed by atoms with E-state index in [-0.39, 0.29) is 24.4 Å². The number of carbonyl (C=O) groups excluding carboxylic acids is 3. The van der Waals surface area contributed by atoms with Gasteiger partial charge in [-0.15, -0.1) is 0 Å². The number of carbonyl (C=O) groups is 3. The van der Waals surface area contributed by atoms with Crippen LogP contribution in [0.25, 0.3) is 0 Å². The van der Waals surface area contributed by atoms with Gasteiger partial charge in [0.05, 0.1) is 7.11 Å². The van der Waals surface area contributed by atoms with Crippen molar-refractivity contribution in [1.29, 1.82) is 0 Å². The highest BCUT2D eigenvalue weighted by Crippen LogP contribution is 2.15. The van der Waals surface area contributed by atoms with E-state index < -0.39 is 11.9 Å². The molecule has 2 aromatic rings. The molecule has 4 nitrogen and oxygen atoms in total. The van der Waals surface area contributed by atoms with Crippen LogP contribution in [-0.2, 0) is 20.7 Å². The third-order valence-corrected chi connectivity index (χ3v) is 3.58. The molecule has 2 aromatic carbocycles. The Balaban J connectivity index is 2.12. The lowest BCUT2D eigenvalue weighted by Gasteiger charge is -2.13. The van der Waals surface area contributed by atoms with Gasteiger partial charge in [0.25, 0.3) is 0 Å². The minimum absolute atomic E-state index is 0.0999. The second-order valence-electron chi connectivity index (χ2n) is 5.20. The molecule has 0 heterocycles. The molecule has 0 aliphatic rings. The number of ether oxygens (including phenoxy) is 1. The highest BCUT2D eigenvalue weighted by Gasteiger charge is 2.30. The smallest absolute Gasteiger partial charge is 0.316 e. The first-order chi connectivity index (χ1) is 11.1. The zero-order valence-corrected chi connectivity index (χ0v) is 12.9. The van der Waals surface area contributed by atoms with E-state index >= 15 is 0 Å². The fourth-order valence-corrected chi connectivity index (χ4v) is 2.32. The molecule has 0 saturated heterocycles. The van der Waals surface area contributed by atoms with Crippen molar-refractivity contribution in [1.82, 2.24) is 0 Å². The monoisotopic (exact) mass is 310 g/mol. The van der Waals surface area contributed by atoms with E-state index in [1.54, 1.807) is 30.3 Å². The average molecular weight is 310 g/mol. The topological polar surface area (TPSA) is 60.4 Å². The Morgan fingerprint density at radius 2 is 1.48 bits per heavy atom. The second kappa shape index (κ2) is 8.03. The largest absolute Gasteiger partial charge is 0.468 e. The summed E-state index contributed by atoms with van der Waals surface area (Å²) < 4.78 is 4.70. The number of ketones is 2. The van der Waals surface area contributed by atoms with Crippen LogP contribution < -0.4 is 0 Å². The highest BCUT2D eigenvalue weighted by atomic mass is 16.5. The Bertz CT molecular complexity index is 677. The molecule has 0 saturated carbocycles. The summed E-state index contributed by atoms with van der Waals surface area (Å²) in [5.74, 6) is -2.31. The van der Waals surface area contributed by atoms with Crippen molar-refractivity contribution in [3.63, 3.8) is 0 Å². The van der Waals surface area contributed by atoms with Gasteiger partial charge in [-0.1, -0.05) is 60.7 Å². The van der Waals surface area contributed by atoms with Crippen molar-refractivity contribution >= 4 is 17.5 Å². The normalized spacial score (nSPS) is 11.5. The van der Waals surface area contributed by atoms with Gasteiger partial charge in [0.1, 0.15) is 5.92 Å². The van der Waals surface area contributed by atoms with Gasteiger partial charge in [-0.2, -0.15) is 0 Å². The Kier molecular flexibility index (Phi) is 5.80. The quantitative estimate of drug-likeness (QED) is 0.448. The van der Waals surface area contributed by atoms with Crippen LogP contribution in [0.4, 0.5) is 0 Å². The minimum atomic E-state index is -1.08. The number of esters is 1. The van der Waals surface area contributed by atoms with E-state index in [1.807, 2.05) is 30.3 Å². The van der Waals surface area contributed by atoms with Crippen LogP contribution in [0.2, 0.25) is 0 Å². The summed E-state index contributed by atoms with van der Waals surface area (Å²) in [6.45, 7) is 0. The maximum absolute atomic E-state index is 12.4. The molecule has 0 radical (unpaired) electrons. The zero-order valence-electron chi connectivity index (χ0n) is 12.9. The Morgan fingerprint density at radius 3 is 2.04 bits per heavy atom. The lowest BCUT2D eigenvalue weighted by molar-refractivity contribution is -0.149. The Labute approximate surface area is 135 Å². The number of Topliss-reactive ketones (excluding diaryl/α,β-unsaturated/α-hetero) is 2. The number of hydrogen-bond acceptors (Lipinski definition) is 4. The van der Waals surface area contributed by atoms with E-state index in [1.165, 1.54) is 7.11 Å². The molecular weight excluding hydrogens is 292 g/mol. The van der Waals surface area contributed by atoms with Gasteiger partial charge in [0, 0.05) is 18.4 Å². The van der Waals surface area contributed by atoms with Gasteiger partial charge in [0.15, 0.2) is 11.6 Å². The van der Waals surface area contributed by atoms with Crippen LogP contribution in [0.1, 0.15) is 22.3 Å². The first-order valence-corrected chi connectivity index (χ1v) is 7.34. The third kappa shape index (κ3) is 4.61. The second-order valence-corrected chi connectivity index (χ2v) is 5.20. The SMILES string of the molecule is COC(=O)C(CC(=O)c1ccccc1)C(=O)Cc1ccccc1. The lowest BCUT2D eigenvalue weighted by atomic mass is 9.91. The first kappa shape index (κ1) is 16.6. The Morgan fingerprint density at radius 1 is 0.913 bits per heavy atom. The van der Waals surface area contributed by atoms with Crippen LogP contribution in [0, 0.1) is 5.92 Å². The molecular formula is C19H18O4. The van der Waals surface area contributed by atoms with Crippen molar-refractivity contribution in [3.8, 4) is 0 Å². The fourth-order valence-electron chi connectivity index (χ4n) is 2.32. The molecule has 0 spiro atoms. The predicted octanol–water partition coefficient (Wildman–Crippen LogP) is 2.86. The molecule has 0 aliphatic heterocycles. The number of benzene rings is 2. The molecule has 4 heteroatoms. The molecule has 2 rings (SSSR count). The van der Waals surface area contributed by atoms with Gasteiger partial charge >= 0.3 is 5.97 Å². The van der Waals surface area contributed by atoms with E-state index in [4.69, 9.17) is 4.74 Å². The number of methoxy groups -OCH3 is 1. The number of hydrogen-bond donors (Lipinski definition) is 0. The summed E-state index contributed by atoms with van der Waals surface area (Å²) >= 11 is 0. The summed E-state index contributed by atoms with van der Waals surface area (Å²) in [6.07, 6.45) is -0.0783. The van der Waals surface area contributed by atoms with Gasteiger partial charge < -0.3 is 4.74 Å². The maximum atomic E-state index is 12.4. The molecule has 0 fully saturated rings. The van der Waals surface area contributed by atoms with Crippen molar-refractivity contribution in [3.05, 3.63) is 71.8 Å². The molecule has 1 unspecified atom stereocenters. The van der Waals surface area contributed by atoms with E-state index in [0.29, 0.717) is 5.56 Å². The fraction of sp³-hybridized carbons (Fsp3) is 0.211. The van der Waals surface area contributed by atoms with Gasteiger partial charge in [-0.3, -0.25) is 14.4 Å². The van der Waals surface area contributed by atoms with Crippen LogP contribution in [-0.4, -0.2) is 24.6 Å². The van der Waals surface area contributed by atoms with Crippen LogP contribution in [0.15, 0.2) is 60.7 Å². The molecule has 118 valence electrons. The van der Waals surface area contributed by atoms with Crippen LogP contribution in [0.3, 0.4) is 0 Å². The molecule has 1 atom stereocenters. The van der Waals surface area contributed by atoms with Gasteiger partial charge in [-0.25, -0.2) is 0 Å². The average Bonchev–Trinajstić information content (AvgIpc) is 2.60. The zero-order chi connectivity index (χ0) is 16.7. The molecule has 0 aliphatic carbocycles. The number of rotatable bonds is 7. The predicted molar refractivity (Wildman–Crippen MR) is 86.0 cm³/mol. The van der Waals surface area contributed by atoms with Crippen LogP contribution >= 0.6 is 0 Å². The maximum Gasteiger partial charge on any atom is 0.316 e. The highest BCUT2D eigenvalue weighted by molar-refractivity contribution is 6.06. The van der Waals surface area contributed by atoms with Gasteiger partial charge in [0.2, 0.25) is 0 Å². The molecule has 0 amide bonds. The summed E-state index contributed by atoms with van der Waals surface area (Å²) in [5.41, 5.74) is 1.28. The first-order valence-electron chi connectivity index (χ1n) is 7.34. The van der Waals surface area contributed by atoms with E-state index in [2.05, 4.69) is 0 Å². The lowest BCUT2D eigenvalue weighted by Crippen LogP contribution is -2.29. The van der Waals surface area contributed by atoms with Gasteiger partial charge in [-0.05, 0) is 5.56 Å². The summed E-state index contributed by atoms with van der Waals surface area (Å²) in [4.78, 5) is 36.6. The Hall–Kier alpha value is -2.75. The minimum Gasteiger partial charge on any atom is -0.468 e. The standard InChI is InChI=1S/C19H18O4/c1-23-19(22)16(13-17(20)15-10-6-3-7-11-15)18(21)12-14-8-4-2-5-9-14/h2-11,16H,12-13H2,1H3. The molecule has 0 N–H and O–H groups in total. The molecule has 23 heavy (non-hydrogen) atoms. The summed E-state index contributed by atoms with van der Waals surface area (Å²) in [5, 5.41) is 0. The van der Waals surface area contributed by atoms with Crippen LogP contribution in [0.5, 0.6) is 0 Å². The van der Waals surface area contributed by atoms with E-state index in [0.717, 1.165) is 5.56 Å². The summed E-state index contributed by atoms with van der Waals surface area (Å²) in [6, 6.07) is 17.7. The van der Waals surface area contributed by atoms with E-state index in [9.17, 15) is 14.4 Å². The van der Waals surface area contributed by atoms with Crippen molar-refractivity contribution < 1.29 is 19.1 Å².